The minimum absolute atomic E-state index is 0.0422. The third-order valence-corrected chi connectivity index (χ3v) is 5.41. The molecule has 25 heavy (non-hydrogen) atoms. The molecule has 0 spiro atoms. The van der Waals surface area contributed by atoms with E-state index in [-0.39, 0.29) is 4.90 Å². The van der Waals surface area contributed by atoms with Crippen molar-refractivity contribution in [2.45, 2.75) is 11.8 Å². The second-order valence-electron chi connectivity index (χ2n) is 5.32. The van der Waals surface area contributed by atoms with Crippen LogP contribution in [0.3, 0.4) is 0 Å². The first-order valence-corrected chi connectivity index (χ1v) is 8.89. The largest absolute Gasteiger partial charge is 0.341 e. The fourth-order valence-electron chi connectivity index (χ4n) is 2.15. The molecular formula is C17H19N3O4S. The predicted octanol–water partition coefficient (Wildman–Crippen LogP) is 2.21. The number of carbonyl (C=O) groups is 2. The number of nitrogens with one attached hydrogen (secondary N) is 2. The lowest BCUT2D eigenvalue weighted by Crippen LogP contribution is -2.33. The van der Waals surface area contributed by atoms with Gasteiger partial charge in [-0.3, -0.25) is 4.79 Å². The number of amides is 3. The Kier molecular flexibility index (Phi) is 5.43. The molecule has 0 aromatic heterocycles. The summed E-state index contributed by atoms with van der Waals surface area (Å²) in [6.45, 7) is 1.74. The van der Waals surface area contributed by atoms with E-state index >= 15 is 0 Å². The summed E-state index contributed by atoms with van der Waals surface area (Å²) in [5, 5.41) is 4.92. The highest BCUT2D eigenvalue weighted by Crippen LogP contribution is 2.20. The Hall–Kier alpha value is -2.87. The van der Waals surface area contributed by atoms with Gasteiger partial charge in [-0.2, -0.15) is 0 Å². The molecule has 2 N–H and O–H groups in total. The van der Waals surface area contributed by atoms with Crippen LogP contribution in [-0.4, -0.2) is 38.8 Å². The predicted molar refractivity (Wildman–Crippen MR) is 95.0 cm³/mol. The van der Waals surface area contributed by atoms with Gasteiger partial charge in [-0.15, -0.1) is 0 Å². The molecule has 8 heteroatoms. The molecule has 0 saturated heterocycles. The van der Waals surface area contributed by atoms with Crippen LogP contribution in [0.4, 0.5) is 10.5 Å². The smallest absolute Gasteiger partial charge is 0.318 e. The van der Waals surface area contributed by atoms with E-state index in [9.17, 15) is 18.0 Å². The van der Waals surface area contributed by atoms with Gasteiger partial charge in [0.05, 0.1) is 4.90 Å². The van der Waals surface area contributed by atoms with Crippen LogP contribution in [0, 0.1) is 6.92 Å². The zero-order valence-corrected chi connectivity index (χ0v) is 14.9. The topological polar surface area (TPSA) is 95.6 Å². The molecule has 0 atom stereocenters. The Morgan fingerprint density at radius 2 is 1.60 bits per heavy atom. The first-order chi connectivity index (χ1) is 11.8. The molecule has 0 bridgehead atoms. The number of rotatable bonds is 4. The van der Waals surface area contributed by atoms with Crippen molar-refractivity contribution < 1.29 is 18.0 Å². The van der Waals surface area contributed by atoms with Crippen LogP contribution in [0.25, 0.3) is 0 Å². The molecule has 0 aliphatic rings. The Bertz CT molecular complexity index is 892. The molecular weight excluding hydrogens is 342 g/mol. The quantitative estimate of drug-likeness (QED) is 0.873. The van der Waals surface area contributed by atoms with E-state index in [1.807, 2.05) is 0 Å². The van der Waals surface area contributed by atoms with Crippen LogP contribution in [0.2, 0.25) is 0 Å². The van der Waals surface area contributed by atoms with Gasteiger partial charge in [0.25, 0.3) is 15.9 Å². The average Bonchev–Trinajstić information content (AvgIpc) is 2.61. The van der Waals surface area contributed by atoms with E-state index in [4.69, 9.17) is 0 Å². The Labute approximate surface area is 146 Å². The summed E-state index contributed by atoms with van der Waals surface area (Å²) in [6.07, 6.45) is 0. The van der Waals surface area contributed by atoms with Crippen LogP contribution >= 0.6 is 0 Å². The van der Waals surface area contributed by atoms with Crippen molar-refractivity contribution in [3.8, 4) is 0 Å². The number of sulfonamides is 1. The number of benzene rings is 2. The van der Waals surface area contributed by atoms with Gasteiger partial charge in [0.2, 0.25) is 0 Å². The van der Waals surface area contributed by atoms with E-state index in [1.165, 1.54) is 38.4 Å². The third-order valence-electron chi connectivity index (χ3n) is 3.66. The Morgan fingerprint density at radius 3 is 2.16 bits per heavy atom. The maximum atomic E-state index is 12.7. The Balaban J connectivity index is 2.27. The minimum Gasteiger partial charge on any atom is -0.341 e. The second kappa shape index (κ2) is 7.35. The average molecular weight is 361 g/mol. The monoisotopic (exact) mass is 361 g/mol. The molecule has 3 amide bonds. The fraction of sp³-hybridized carbons (Fsp3) is 0.176. The lowest BCUT2D eigenvalue weighted by molar-refractivity contribution is 0.0882. The first-order valence-electron chi connectivity index (χ1n) is 7.45. The summed E-state index contributed by atoms with van der Waals surface area (Å²) < 4.78 is 26.0. The van der Waals surface area contributed by atoms with E-state index in [2.05, 4.69) is 10.6 Å². The summed E-state index contributed by atoms with van der Waals surface area (Å²) in [5.74, 6) is -0.606. The Morgan fingerprint density at radius 1 is 1.00 bits per heavy atom. The molecule has 0 fully saturated rings. The number of anilines is 1. The van der Waals surface area contributed by atoms with Crippen molar-refractivity contribution in [1.82, 2.24) is 9.62 Å². The number of carbonyl (C=O) groups excluding carboxylic acids is 2. The lowest BCUT2D eigenvalue weighted by atomic mass is 10.1. The van der Waals surface area contributed by atoms with Crippen molar-refractivity contribution in [3.05, 3.63) is 59.7 Å². The fourth-order valence-corrected chi connectivity index (χ4v) is 3.27. The van der Waals surface area contributed by atoms with E-state index in [1.54, 1.807) is 31.2 Å². The van der Waals surface area contributed by atoms with Gasteiger partial charge in [0, 0.05) is 25.3 Å². The molecule has 0 heterocycles. The van der Waals surface area contributed by atoms with E-state index < -0.39 is 22.0 Å². The molecule has 2 rings (SSSR count). The molecule has 0 radical (unpaired) electrons. The molecule has 2 aromatic carbocycles. The summed E-state index contributed by atoms with van der Waals surface area (Å²) in [4.78, 5) is 23.7. The molecule has 0 saturated carbocycles. The minimum atomic E-state index is -4.00. The van der Waals surface area contributed by atoms with Gasteiger partial charge in [-0.05, 0) is 42.8 Å². The molecule has 7 nitrogen and oxygen atoms in total. The standard InChI is InChI=1S/C17H19N3O4S/c1-12-6-4-5-7-15(12)16(21)20(3)25(23,24)14-10-8-13(9-11-14)19-17(22)18-2/h4-11H,1-3H3,(H2,18,19,22). The van der Waals surface area contributed by atoms with Crippen LogP contribution in [0.15, 0.2) is 53.4 Å². The summed E-state index contributed by atoms with van der Waals surface area (Å²) in [7, 11) is -1.30. The highest BCUT2D eigenvalue weighted by molar-refractivity contribution is 7.89. The summed E-state index contributed by atoms with van der Waals surface area (Å²) >= 11 is 0. The van der Waals surface area contributed by atoms with Crippen molar-refractivity contribution in [2.75, 3.05) is 19.4 Å². The van der Waals surface area contributed by atoms with Gasteiger partial charge in [-0.25, -0.2) is 17.5 Å². The van der Waals surface area contributed by atoms with Crippen molar-refractivity contribution >= 4 is 27.6 Å². The summed E-state index contributed by atoms with van der Waals surface area (Å²) in [6, 6.07) is 11.9. The van der Waals surface area contributed by atoms with Crippen LogP contribution in [0.5, 0.6) is 0 Å². The highest BCUT2D eigenvalue weighted by Gasteiger charge is 2.27. The van der Waals surface area contributed by atoms with Crippen molar-refractivity contribution in [1.29, 1.82) is 0 Å². The molecule has 132 valence electrons. The van der Waals surface area contributed by atoms with E-state index in [0.717, 1.165) is 4.31 Å². The molecule has 0 aliphatic carbocycles. The van der Waals surface area contributed by atoms with Crippen molar-refractivity contribution in [2.24, 2.45) is 0 Å². The highest BCUT2D eigenvalue weighted by atomic mass is 32.2. The number of hydrogen-bond acceptors (Lipinski definition) is 4. The van der Waals surface area contributed by atoms with Crippen LogP contribution in [0.1, 0.15) is 15.9 Å². The van der Waals surface area contributed by atoms with Gasteiger partial charge in [0.1, 0.15) is 0 Å². The second-order valence-corrected chi connectivity index (χ2v) is 7.29. The van der Waals surface area contributed by atoms with Gasteiger partial charge < -0.3 is 10.6 Å². The normalized spacial score (nSPS) is 10.8. The van der Waals surface area contributed by atoms with Gasteiger partial charge in [-0.1, -0.05) is 18.2 Å². The zero-order chi connectivity index (χ0) is 18.6. The van der Waals surface area contributed by atoms with Gasteiger partial charge >= 0.3 is 6.03 Å². The molecule has 0 unspecified atom stereocenters. The maximum absolute atomic E-state index is 12.7. The SMILES string of the molecule is CNC(=O)Nc1ccc(S(=O)(=O)N(C)C(=O)c2ccccc2C)cc1. The lowest BCUT2D eigenvalue weighted by Gasteiger charge is -2.19. The van der Waals surface area contributed by atoms with Crippen LogP contribution in [-0.2, 0) is 10.0 Å². The summed E-state index contributed by atoms with van der Waals surface area (Å²) in [5.41, 5.74) is 1.46. The number of hydrogen-bond donors (Lipinski definition) is 2. The third kappa shape index (κ3) is 3.97. The number of nitrogens with zero attached hydrogens (tertiary/aromatic N) is 1. The zero-order valence-electron chi connectivity index (χ0n) is 14.1. The first kappa shape index (κ1) is 18.5. The number of aryl methyl sites for hydroxylation is 1. The molecule has 0 aliphatic heterocycles. The van der Waals surface area contributed by atoms with Crippen LogP contribution < -0.4 is 10.6 Å². The van der Waals surface area contributed by atoms with Gasteiger partial charge in [0.15, 0.2) is 0 Å². The maximum Gasteiger partial charge on any atom is 0.318 e. The van der Waals surface area contributed by atoms with E-state index in [0.29, 0.717) is 16.8 Å². The number of urea groups is 1. The molecule has 2 aromatic rings. The van der Waals surface area contributed by atoms with Crippen molar-refractivity contribution in [3.63, 3.8) is 0 Å².